The number of aryl methyl sites for hydroxylation is 2. The quantitative estimate of drug-likeness (QED) is 0.559. The Morgan fingerprint density at radius 2 is 1.57 bits per heavy atom. The van der Waals surface area contributed by atoms with Crippen LogP contribution in [-0.4, -0.2) is 35.9 Å². The van der Waals surface area contributed by atoms with Gasteiger partial charge in [-0.25, -0.2) is 0 Å². The number of unbranched alkanes of at least 4 members (excludes halogenated alkanes) is 1. The highest BCUT2D eigenvalue weighted by atomic mass is 16.5. The second kappa shape index (κ2) is 12.0. The predicted molar refractivity (Wildman–Crippen MR) is 120 cm³/mol. The van der Waals surface area contributed by atoms with Gasteiger partial charge in [0.25, 0.3) is 5.91 Å². The van der Waals surface area contributed by atoms with Gasteiger partial charge in [-0.2, -0.15) is 0 Å². The molecule has 1 atom stereocenters. The van der Waals surface area contributed by atoms with Crippen LogP contribution in [-0.2, 0) is 16.1 Å². The molecule has 0 aliphatic heterocycles. The first-order chi connectivity index (χ1) is 14.4. The molecule has 0 bridgehead atoms. The fourth-order valence-electron chi connectivity index (χ4n) is 3.18. The number of hydrogen-bond acceptors (Lipinski definition) is 3. The lowest BCUT2D eigenvalue weighted by atomic mass is 10.1. The molecule has 5 nitrogen and oxygen atoms in total. The van der Waals surface area contributed by atoms with Crippen LogP contribution in [0.25, 0.3) is 0 Å². The van der Waals surface area contributed by atoms with Gasteiger partial charge in [-0.3, -0.25) is 9.59 Å². The van der Waals surface area contributed by atoms with Crippen LogP contribution < -0.4 is 10.1 Å². The van der Waals surface area contributed by atoms with E-state index < -0.39 is 6.04 Å². The lowest BCUT2D eigenvalue weighted by Gasteiger charge is -2.30. The summed E-state index contributed by atoms with van der Waals surface area (Å²) in [5, 5.41) is 2.97. The Morgan fingerprint density at radius 1 is 0.967 bits per heavy atom. The summed E-state index contributed by atoms with van der Waals surface area (Å²) in [7, 11) is 0. The zero-order valence-electron chi connectivity index (χ0n) is 18.6. The fraction of sp³-hybridized carbons (Fsp3) is 0.440. The first-order valence-corrected chi connectivity index (χ1v) is 10.8. The molecule has 0 saturated carbocycles. The molecule has 0 aliphatic rings. The second-order valence-electron chi connectivity index (χ2n) is 7.68. The van der Waals surface area contributed by atoms with E-state index in [0.717, 1.165) is 29.5 Å². The molecule has 5 heteroatoms. The molecule has 0 saturated heterocycles. The smallest absolute Gasteiger partial charge is 0.261 e. The number of carbonyl (C=O) groups excluding carboxylic acids is 2. The van der Waals surface area contributed by atoms with Crippen molar-refractivity contribution in [2.24, 2.45) is 0 Å². The van der Waals surface area contributed by atoms with Gasteiger partial charge in [-0.05, 0) is 44.4 Å². The maximum absolute atomic E-state index is 13.1. The maximum atomic E-state index is 13.1. The first kappa shape index (κ1) is 23.5. The third-order valence-electron chi connectivity index (χ3n) is 5.07. The molecule has 162 valence electrons. The van der Waals surface area contributed by atoms with Gasteiger partial charge in [0.15, 0.2) is 6.61 Å². The molecule has 2 aromatic carbocycles. The average molecular weight is 411 g/mol. The number of nitrogens with one attached hydrogen (secondary N) is 1. The molecule has 0 heterocycles. The molecule has 0 aromatic heterocycles. The Bertz CT molecular complexity index is 800. The molecule has 2 rings (SSSR count). The summed E-state index contributed by atoms with van der Waals surface area (Å²) >= 11 is 0. The Labute approximate surface area is 180 Å². The highest BCUT2D eigenvalue weighted by Gasteiger charge is 2.28. The highest BCUT2D eigenvalue weighted by Crippen LogP contribution is 2.15. The number of ether oxygens (including phenoxy) is 1. The number of rotatable bonds is 11. The Kier molecular flexibility index (Phi) is 9.39. The van der Waals surface area contributed by atoms with Crippen molar-refractivity contribution in [3.05, 3.63) is 65.2 Å². The summed E-state index contributed by atoms with van der Waals surface area (Å²) in [6.07, 6.45) is 2.47. The first-order valence-electron chi connectivity index (χ1n) is 10.8. The van der Waals surface area contributed by atoms with Crippen molar-refractivity contribution < 1.29 is 14.3 Å². The molecule has 0 fully saturated rings. The SMILES string of the molecule is CCCCNC(=O)C(CC)N(Cc1ccc(C)cc1)C(=O)COc1ccc(C)cc1. The van der Waals surface area contributed by atoms with Gasteiger partial charge in [0, 0.05) is 13.1 Å². The van der Waals surface area contributed by atoms with Gasteiger partial charge in [0.2, 0.25) is 5.91 Å². The second-order valence-corrected chi connectivity index (χ2v) is 7.68. The molecule has 1 unspecified atom stereocenters. The zero-order chi connectivity index (χ0) is 21.9. The summed E-state index contributed by atoms with van der Waals surface area (Å²) in [5.74, 6) is 0.333. The van der Waals surface area contributed by atoms with Crippen LogP contribution in [0.3, 0.4) is 0 Å². The minimum absolute atomic E-state index is 0.104. The van der Waals surface area contributed by atoms with E-state index in [-0.39, 0.29) is 18.4 Å². The van der Waals surface area contributed by atoms with E-state index in [1.165, 1.54) is 0 Å². The molecule has 0 spiro atoms. The summed E-state index contributed by atoms with van der Waals surface area (Å²) in [6.45, 7) is 8.93. The maximum Gasteiger partial charge on any atom is 0.261 e. The van der Waals surface area contributed by atoms with Crippen LogP contribution in [0.4, 0.5) is 0 Å². The van der Waals surface area contributed by atoms with Crippen molar-refractivity contribution in [2.45, 2.75) is 59.5 Å². The predicted octanol–water partition coefficient (Wildman–Crippen LogP) is 4.41. The van der Waals surface area contributed by atoms with Gasteiger partial charge >= 0.3 is 0 Å². The summed E-state index contributed by atoms with van der Waals surface area (Å²) < 4.78 is 5.71. The third kappa shape index (κ3) is 7.21. The highest BCUT2D eigenvalue weighted by molar-refractivity contribution is 5.88. The van der Waals surface area contributed by atoms with Gasteiger partial charge < -0.3 is 15.0 Å². The van der Waals surface area contributed by atoms with Gasteiger partial charge in [-0.15, -0.1) is 0 Å². The van der Waals surface area contributed by atoms with Crippen LogP contribution in [0.15, 0.2) is 48.5 Å². The van der Waals surface area contributed by atoms with Crippen LogP contribution >= 0.6 is 0 Å². The van der Waals surface area contributed by atoms with Crippen molar-refractivity contribution in [3.63, 3.8) is 0 Å². The van der Waals surface area contributed by atoms with E-state index in [1.807, 2.05) is 69.3 Å². The lowest BCUT2D eigenvalue weighted by molar-refractivity contribution is -0.143. The Hall–Kier alpha value is -2.82. The minimum atomic E-state index is -0.530. The standard InChI is InChI=1S/C25H34N2O3/c1-5-7-16-26-25(29)23(6-2)27(17-21-12-8-19(3)9-13-21)24(28)18-30-22-14-10-20(4)11-15-22/h8-15,23H,5-7,16-18H2,1-4H3,(H,26,29). The molecule has 30 heavy (non-hydrogen) atoms. The van der Waals surface area contributed by atoms with Crippen molar-refractivity contribution in [2.75, 3.05) is 13.2 Å². The zero-order valence-corrected chi connectivity index (χ0v) is 18.6. The summed E-state index contributed by atoms with van der Waals surface area (Å²) in [5.41, 5.74) is 3.28. The van der Waals surface area contributed by atoms with E-state index in [1.54, 1.807) is 4.90 Å². The molecular weight excluding hydrogens is 376 g/mol. The normalized spacial score (nSPS) is 11.6. The van der Waals surface area contributed by atoms with Crippen molar-refractivity contribution in [1.29, 1.82) is 0 Å². The van der Waals surface area contributed by atoms with E-state index in [0.29, 0.717) is 25.3 Å². The monoisotopic (exact) mass is 410 g/mol. The van der Waals surface area contributed by atoms with Crippen molar-refractivity contribution in [3.8, 4) is 5.75 Å². The van der Waals surface area contributed by atoms with Crippen molar-refractivity contribution in [1.82, 2.24) is 10.2 Å². The molecule has 2 amide bonds. The van der Waals surface area contributed by atoms with E-state index in [2.05, 4.69) is 12.2 Å². The fourth-order valence-corrected chi connectivity index (χ4v) is 3.18. The molecule has 1 N–H and O–H groups in total. The number of carbonyl (C=O) groups is 2. The van der Waals surface area contributed by atoms with E-state index in [4.69, 9.17) is 4.74 Å². The van der Waals surface area contributed by atoms with Crippen molar-refractivity contribution >= 4 is 11.8 Å². The van der Waals surface area contributed by atoms with Crippen LogP contribution in [0.5, 0.6) is 5.75 Å². The minimum Gasteiger partial charge on any atom is -0.484 e. The molecule has 0 aliphatic carbocycles. The van der Waals surface area contributed by atoms with Crippen LogP contribution in [0.2, 0.25) is 0 Å². The van der Waals surface area contributed by atoms with E-state index in [9.17, 15) is 9.59 Å². The van der Waals surface area contributed by atoms with Gasteiger partial charge in [0.1, 0.15) is 11.8 Å². The number of hydrogen-bond donors (Lipinski definition) is 1. The average Bonchev–Trinajstić information content (AvgIpc) is 2.74. The topological polar surface area (TPSA) is 58.6 Å². The van der Waals surface area contributed by atoms with Gasteiger partial charge in [-0.1, -0.05) is 67.8 Å². The molecule has 0 radical (unpaired) electrons. The van der Waals surface area contributed by atoms with E-state index >= 15 is 0 Å². The molecule has 2 aromatic rings. The lowest BCUT2D eigenvalue weighted by Crippen LogP contribution is -2.50. The van der Waals surface area contributed by atoms with Crippen LogP contribution in [0.1, 0.15) is 49.8 Å². The number of amides is 2. The summed E-state index contributed by atoms with van der Waals surface area (Å²) in [6, 6.07) is 15.1. The summed E-state index contributed by atoms with van der Waals surface area (Å²) in [4.78, 5) is 27.6. The largest absolute Gasteiger partial charge is 0.484 e. The molecular formula is C25H34N2O3. The van der Waals surface area contributed by atoms with Crippen LogP contribution in [0, 0.1) is 13.8 Å². The number of nitrogens with zero attached hydrogens (tertiary/aromatic N) is 1. The number of benzene rings is 2. The Morgan fingerprint density at radius 3 is 2.13 bits per heavy atom. The van der Waals surface area contributed by atoms with Gasteiger partial charge in [0.05, 0.1) is 0 Å². The third-order valence-corrected chi connectivity index (χ3v) is 5.07. The Balaban J connectivity index is 2.15.